The highest BCUT2D eigenvalue weighted by molar-refractivity contribution is 14.0. The minimum absolute atomic E-state index is 0. The highest BCUT2D eigenvalue weighted by atomic mass is 127. The molecule has 0 amide bonds. The fourth-order valence-electron chi connectivity index (χ4n) is 3.25. The molecule has 0 aromatic heterocycles. The second-order valence-electron chi connectivity index (χ2n) is 6.46. The van der Waals surface area contributed by atoms with Gasteiger partial charge in [-0.05, 0) is 23.3 Å². The highest BCUT2D eigenvalue weighted by Gasteiger charge is 2.19. The van der Waals surface area contributed by atoms with Crippen LogP contribution in [-0.2, 0) is 17.9 Å². The molecule has 5 nitrogen and oxygen atoms in total. The maximum absolute atomic E-state index is 5.16. The number of para-hydroxylation sites is 1. The Morgan fingerprint density at radius 1 is 0.963 bits per heavy atom. The maximum atomic E-state index is 5.16. The van der Waals surface area contributed by atoms with E-state index in [1.54, 1.807) is 7.11 Å². The molecule has 2 aromatic carbocycles. The first-order chi connectivity index (χ1) is 12.8. The van der Waals surface area contributed by atoms with E-state index in [0.29, 0.717) is 6.61 Å². The van der Waals surface area contributed by atoms with Gasteiger partial charge in [-0.15, -0.1) is 24.0 Å². The molecular formula is C21H29IN4O. The van der Waals surface area contributed by atoms with Crippen LogP contribution in [-0.4, -0.2) is 51.2 Å². The Kier molecular flexibility index (Phi) is 8.87. The van der Waals surface area contributed by atoms with Gasteiger partial charge in [0, 0.05) is 52.6 Å². The van der Waals surface area contributed by atoms with E-state index in [4.69, 9.17) is 4.74 Å². The number of anilines is 1. The first-order valence-electron chi connectivity index (χ1n) is 9.12. The fourth-order valence-corrected chi connectivity index (χ4v) is 3.25. The number of rotatable bonds is 5. The third-order valence-corrected chi connectivity index (χ3v) is 4.70. The third-order valence-electron chi connectivity index (χ3n) is 4.70. The van der Waals surface area contributed by atoms with Crippen molar-refractivity contribution in [3.63, 3.8) is 0 Å². The quantitative estimate of drug-likeness (QED) is 0.405. The largest absolute Gasteiger partial charge is 0.380 e. The summed E-state index contributed by atoms with van der Waals surface area (Å²) in [5.74, 6) is 0.971. The molecule has 0 radical (unpaired) electrons. The second kappa shape index (κ2) is 11.1. The zero-order valence-corrected chi connectivity index (χ0v) is 18.4. The summed E-state index contributed by atoms with van der Waals surface area (Å²) in [5, 5.41) is 3.49. The number of hydrogen-bond acceptors (Lipinski definition) is 3. The summed E-state index contributed by atoms with van der Waals surface area (Å²) in [6.45, 7) is 5.40. The molecule has 2 aromatic rings. The van der Waals surface area contributed by atoms with Crippen LogP contribution in [0.5, 0.6) is 0 Å². The Bertz CT molecular complexity index is 698. The van der Waals surface area contributed by atoms with Crippen molar-refractivity contribution in [3.05, 3.63) is 65.7 Å². The van der Waals surface area contributed by atoms with E-state index in [1.165, 1.54) is 16.8 Å². The number of nitrogens with zero attached hydrogens (tertiary/aromatic N) is 3. The zero-order valence-electron chi connectivity index (χ0n) is 16.1. The van der Waals surface area contributed by atoms with Crippen LogP contribution in [0.15, 0.2) is 59.6 Å². The van der Waals surface area contributed by atoms with Crippen LogP contribution in [0.25, 0.3) is 0 Å². The molecule has 146 valence electrons. The van der Waals surface area contributed by atoms with Crippen molar-refractivity contribution in [3.8, 4) is 0 Å². The maximum Gasteiger partial charge on any atom is 0.194 e. The molecule has 0 saturated carbocycles. The van der Waals surface area contributed by atoms with Gasteiger partial charge in [-0.3, -0.25) is 4.99 Å². The van der Waals surface area contributed by atoms with Crippen LogP contribution in [0.2, 0.25) is 0 Å². The molecular weight excluding hydrogens is 451 g/mol. The average molecular weight is 480 g/mol. The first-order valence-corrected chi connectivity index (χ1v) is 9.12. The van der Waals surface area contributed by atoms with Gasteiger partial charge in [0.1, 0.15) is 0 Å². The normalized spacial score (nSPS) is 14.7. The van der Waals surface area contributed by atoms with Crippen LogP contribution >= 0.6 is 24.0 Å². The van der Waals surface area contributed by atoms with Gasteiger partial charge in [0.2, 0.25) is 0 Å². The number of methoxy groups -OCH3 is 1. The molecule has 1 N–H and O–H groups in total. The molecule has 0 spiro atoms. The van der Waals surface area contributed by atoms with Gasteiger partial charge in [0.05, 0.1) is 6.61 Å². The van der Waals surface area contributed by atoms with Crippen molar-refractivity contribution < 1.29 is 4.74 Å². The fraction of sp³-hybridized carbons (Fsp3) is 0.381. The molecule has 0 unspecified atom stereocenters. The zero-order chi connectivity index (χ0) is 18.2. The molecule has 1 aliphatic rings. The minimum atomic E-state index is 0. The summed E-state index contributed by atoms with van der Waals surface area (Å²) in [5.41, 5.74) is 3.73. The lowest BCUT2D eigenvalue weighted by molar-refractivity contribution is 0.185. The van der Waals surface area contributed by atoms with Gasteiger partial charge in [-0.25, -0.2) is 0 Å². The number of ether oxygens (including phenoxy) is 1. The number of halogens is 1. The lowest BCUT2D eigenvalue weighted by atomic mass is 10.1. The van der Waals surface area contributed by atoms with Crippen molar-refractivity contribution >= 4 is 35.6 Å². The smallest absolute Gasteiger partial charge is 0.194 e. The van der Waals surface area contributed by atoms with E-state index in [1.807, 2.05) is 7.05 Å². The molecule has 1 aliphatic heterocycles. The number of piperazine rings is 1. The van der Waals surface area contributed by atoms with E-state index in [2.05, 4.69) is 74.7 Å². The Morgan fingerprint density at radius 3 is 2.19 bits per heavy atom. The van der Waals surface area contributed by atoms with Crippen molar-refractivity contribution in [2.45, 2.75) is 13.2 Å². The number of guanidine groups is 1. The standard InChI is InChI=1S/C21H28N4O.HI/c1-22-21(23-16-18-8-10-19(11-9-18)17-26-2)25-14-12-24(13-15-25)20-6-4-3-5-7-20;/h3-11H,12-17H2,1-2H3,(H,22,23);1H. The van der Waals surface area contributed by atoms with E-state index in [-0.39, 0.29) is 24.0 Å². The van der Waals surface area contributed by atoms with Gasteiger partial charge in [0.15, 0.2) is 5.96 Å². The Hall–Kier alpha value is -1.80. The Morgan fingerprint density at radius 2 is 1.59 bits per heavy atom. The van der Waals surface area contributed by atoms with Gasteiger partial charge >= 0.3 is 0 Å². The van der Waals surface area contributed by atoms with Crippen LogP contribution in [0.1, 0.15) is 11.1 Å². The average Bonchev–Trinajstić information content (AvgIpc) is 2.71. The molecule has 0 aliphatic carbocycles. The SMILES string of the molecule is CN=C(NCc1ccc(COC)cc1)N1CCN(c2ccccc2)CC1.I. The second-order valence-corrected chi connectivity index (χ2v) is 6.46. The summed E-state index contributed by atoms with van der Waals surface area (Å²) in [4.78, 5) is 9.23. The highest BCUT2D eigenvalue weighted by Crippen LogP contribution is 2.15. The van der Waals surface area contributed by atoms with Crippen LogP contribution in [0.3, 0.4) is 0 Å². The van der Waals surface area contributed by atoms with E-state index < -0.39 is 0 Å². The van der Waals surface area contributed by atoms with Gasteiger partial charge in [0.25, 0.3) is 0 Å². The van der Waals surface area contributed by atoms with Crippen LogP contribution < -0.4 is 10.2 Å². The lowest BCUT2D eigenvalue weighted by Crippen LogP contribution is -2.52. The number of nitrogens with one attached hydrogen (secondary N) is 1. The van der Waals surface area contributed by atoms with Crippen molar-refractivity contribution in [1.29, 1.82) is 0 Å². The van der Waals surface area contributed by atoms with Crippen LogP contribution in [0, 0.1) is 0 Å². The van der Waals surface area contributed by atoms with Crippen molar-refractivity contribution in [2.75, 3.05) is 45.2 Å². The number of benzene rings is 2. The van der Waals surface area contributed by atoms with E-state index in [9.17, 15) is 0 Å². The molecule has 1 saturated heterocycles. The monoisotopic (exact) mass is 480 g/mol. The summed E-state index contributed by atoms with van der Waals surface area (Å²) in [7, 11) is 3.57. The molecule has 27 heavy (non-hydrogen) atoms. The summed E-state index contributed by atoms with van der Waals surface area (Å²) in [6.07, 6.45) is 0. The summed E-state index contributed by atoms with van der Waals surface area (Å²) < 4.78 is 5.16. The molecule has 1 heterocycles. The van der Waals surface area contributed by atoms with Gasteiger partial charge < -0.3 is 19.9 Å². The predicted octanol–water partition coefficient (Wildman–Crippen LogP) is 3.35. The Labute approximate surface area is 179 Å². The predicted molar refractivity (Wildman–Crippen MR) is 123 cm³/mol. The third kappa shape index (κ3) is 6.10. The summed E-state index contributed by atoms with van der Waals surface area (Å²) in [6, 6.07) is 19.1. The lowest BCUT2D eigenvalue weighted by Gasteiger charge is -2.37. The number of aliphatic imine (C=N–C) groups is 1. The molecule has 3 rings (SSSR count). The minimum Gasteiger partial charge on any atom is -0.380 e. The number of hydrogen-bond donors (Lipinski definition) is 1. The Balaban J connectivity index is 0.00000261. The van der Waals surface area contributed by atoms with Gasteiger partial charge in [-0.1, -0.05) is 42.5 Å². The molecule has 1 fully saturated rings. The molecule has 0 atom stereocenters. The van der Waals surface area contributed by atoms with Crippen molar-refractivity contribution in [2.24, 2.45) is 4.99 Å². The van der Waals surface area contributed by atoms with Crippen molar-refractivity contribution in [1.82, 2.24) is 10.2 Å². The topological polar surface area (TPSA) is 40.1 Å². The first kappa shape index (κ1) is 21.5. The van der Waals surface area contributed by atoms with Crippen LogP contribution in [0.4, 0.5) is 5.69 Å². The van der Waals surface area contributed by atoms with E-state index >= 15 is 0 Å². The van der Waals surface area contributed by atoms with Gasteiger partial charge in [-0.2, -0.15) is 0 Å². The summed E-state index contributed by atoms with van der Waals surface area (Å²) >= 11 is 0. The van der Waals surface area contributed by atoms with E-state index in [0.717, 1.165) is 38.7 Å². The molecule has 6 heteroatoms. The molecule has 0 bridgehead atoms.